The van der Waals surface area contributed by atoms with E-state index in [1.807, 2.05) is 37.3 Å². The summed E-state index contributed by atoms with van der Waals surface area (Å²) in [5, 5.41) is 1.33. The van der Waals surface area contributed by atoms with Crippen molar-refractivity contribution < 1.29 is 4.74 Å². The van der Waals surface area contributed by atoms with E-state index in [1.165, 1.54) is 11.8 Å². The Balaban J connectivity index is 2.09. The van der Waals surface area contributed by atoms with Gasteiger partial charge in [0.05, 0.1) is 12.0 Å². The van der Waals surface area contributed by atoms with Gasteiger partial charge in [-0.25, -0.2) is 4.98 Å². The first-order valence-electron chi connectivity index (χ1n) is 6.91. The largest absolute Gasteiger partial charge is 0.384 e. The molecule has 4 nitrogen and oxygen atoms in total. The number of nitrogens with zero attached hydrogens (tertiary/aromatic N) is 1. The predicted octanol–water partition coefficient (Wildman–Crippen LogP) is 3.70. The average Bonchev–Trinajstić information content (AvgIpc) is 2.85. The summed E-state index contributed by atoms with van der Waals surface area (Å²) < 4.78 is 5.02. The summed E-state index contributed by atoms with van der Waals surface area (Å²) >= 11 is 3.07. The maximum absolute atomic E-state index is 12.5. The van der Waals surface area contributed by atoms with E-state index in [0.717, 1.165) is 26.6 Å². The maximum Gasteiger partial charge on any atom is 0.260 e. The number of nitrogens with one attached hydrogen (secondary N) is 1. The third-order valence-corrected chi connectivity index (χ3v) is 5.14. The minimum Gasteiger partial charge on any atom is -0.384 e. The lowest BCUT2D eigenvalue weighted by Gasteiger charge is -2.02. The molecule has 0 aliphatic heterocycles. The number of methoxy groups -OCH3 is 1. The number of aromatic nitrogens is 2. The van der Waals surface area contributed by atoms with Gasteiger partial charge in [0.2, 0.25) is 0 Å². The van der Waals surface area contributed by atoms with Crippen molar-refractivity contribution in [3.8, 4) is 11.1 Å². The van der Waals surface area contributed by atoms with Crippen LogP contribution in [0.2, 0.25) is 0 Å². The number of aryl methyl sites for hydroxylation is 1. The number of rotatable bonds is 5. The third kappa shape index (κ3) is 2.95. The molecule has 0 unspecified atom stereocenters. The minimum absolute atomic E-state index is 0.0758. The van der Waals surface area contributed by atoms with Crippen molar-refractivity contribution in [1.29, 1.82) is 0 Å². The number of hydrogen-bond donors (Lipinski definition) is 1. The van der Waals surface area contributed by atoms with Gasteiger partial charge in [-0.2, -0.15) is 0 Å². The maximum atomic E-state index is 12.5. The molecular formula is C16H16N2O2S2. The molecule has 2 heterocycles. The zero-order valence-electron chi connectivity index (χ0n) is 12.4. The molecule has 0 aliphatic carbocycles. The third-order valence-electron chi connectivity index (χ3n) is 3.31. The van der Waals surface area contributed by atoms with Crippen molar-refractivity contribution in [2.45, 2.75) is 12.1 Å². The molecule has 0 radical (unpaired) electrons. The van der Waals surface area contributed by atoms with Crippen molar-refractivity contribution in [2.75, 3.05) is 19.5 Å². The first kappa shape index (κ1) is 15.3. The average molecular weight is 332 g/mol. The van der Waals surface area contributed by atoms with Crippen LogP contribution in [0.15, 0.2) is 40.3 Å². The molecule has 1 N–H and O–H groups in total. The fourth-order valence-corrected chi connectivity index (χ4v) is 4.21. The van der Waals surface area contributed by atoms with E-state index in [4.69, 9.17) is 4.74 Å². The SMILES string of the molecule is COCCSc1nc2sc(C)c(-c3ccccc3)c2c(=O)[nH]1. The molecule has 114 valence electrons. The Morgan fingerprint density at radius 2 is 2.09 bits per heavy atom. The van der Waals surface area contributed by atoms with E-state index >= 15 is 0 Å². The number of fused-ring (bicyclic) bond motifs is 1. The van der Waals surface area contributed by atoms with Crippen LogP contribution in [0.5, 0.6) is 0 Å². The van der Waals surface area contributed by atoms with Crippen LogP contribution in [0.1, 0.15) is 4.88 Å². The second-order valence-electron chi connectivity index (χ2n) is 4.79. The van der Waals surface area contributed by atoms with Crippen molar-refractivity contribution in [3.05, 3.63) is 45.6 Å². The Morgan fingerprint density at radius 3 is 2.82 bits per heavy atom. The minimum atomic E-state index is -0.0758. The van der Waals surface area contributed by atoms with Gasteiger partial charge in [0.15, 0.2) is 5.16 Å². The Labute approximate surface area is 136 Å². The smallest absolute Gasteiger partial charge is 0.260 e. The number of thioether (sulfide) groups is 1. The monoisotopic (exact) mass is 332 g/mol. The first-order valence-corrected chi connectivity index (χ1v) is 8.71. The second-order valence-corrected chi connectivity index (χ2v) is 7.08. The molecule has 6 heteroatoms. The summed E-state index contributed by atoms with van der Waals surface area (Å²) in [4.78, 5) is 21.9. The summed E-state index contributed by atoms with van der Waals surface area (Å²) in [5.41, 5.74) is 1.97. The van der Waals surface area contributed by atoms with E-state index in [9.17, 15) is 4.79 Å². The highest BCUT2D eigenvalue weighted by atomic mass is 32.2. The predicted molar refractivity (Wildman–Crippen MR) is 93.0 cm³/mol. The van der Waals surface area contributed by atoms with E-state index in [-0.39, 0.29) is 5.56 Å². The van der Waals surface area contributed by atoms with Gasteiger partial charge < -0.3 is 9.72 Å². The molecule has 0 fully saturated rings. The summed E-state index contributed by atoms with van der Waals surface area (Å²) in [6.45, 7) is 2.66. The van der Waals surface area contributed by atoms with E-state index in [0.29, 0.717) is 17.1 Å². The first-order chi connectivity index (χ1) is 10.7. The van der Waals surface area contributed by atoms with Crippen LogP contribution in [0.25, 0.3) is 21.3 Å². The van der Waals surface area contributed by atoms with Gasteiger partial charge in [-0.3, -0.25) is 4.79 Å². The lowest BCUT2D eigenvalue weighted by atomic mass is 10.0. The van der Waals surface area contributed by atoms with Gasteiger partial charge in [0.1, 0.15) is 4.83 Å². The Bertz CT molecular complexity index is 840. The quantitative estimate of drug-likeness (QED) is 0.440. The van der Waals surface area contributed by atoms with Crippen LogP contribution in [-0.2, 0) is 4.74 Å². The van der Waals surface area contributed by atoms with E-state index in [2.05, 4.69) is 9.97 Å². The molecule has 3 rings (SSSR count). The van der Waals surface area contributed by atoms with Crippen LogP contribution >= 0.6 is 23.1 Å². The van der Waals surface area contributed by atoms with Gasteiger partial charge in [-0.15, -0.1) is 11.3 Å². The fraction of sp³-hybridized carbons (Fsp3) is 0.250. The summed E-state index contributed by atoms with van der Waals surface area (Å²) in [6, 6.07) is 9.98. The highest BCUT2D eigenvalue weighted by molar-refractivity contribution is 7.99. The summed E-state index contributed by atoms with van der Waals surface area (Å²) in [5.74, 6) is 0.765. The molecule has 0 saturated carbocycles. The normalized spacial score (nSPS) is 11.2. The van der Waals surface area contributed by atoms with Crippen LogP contribution < -0.4 is 5.56 Å². The zero-order valence-corrected chi connectivity index (χ0v) is 14.0. The number of hydrogen-bond acceptors (Lipinski definition) is 5. The molecule has 0 amide bonds. The molecular weight excluding hydrogens is 316 g/mol. The highest BCUT2D eigenvalue weighted by Crippen LogP contribution is 2.35. The summed E-state index contributed by atoms with van der Waals surface area (Å²) in [7, 11) is 1.66. The van der Waals surface area contributed by atoms with Crippen LogP contribution in [0, 0.1) is 6.92 Å². The number of ether oxygens (including phenoxy) is 1. The summed E-state index contributed by atoms with van der Waals surface area (Å²) in [6.07, 6.45) is 0. The van der Waals surface area contributed by atoms with Crippen LogP contribution in [0.3, 0.4) is 0 Å². The van der Waals surface area contributed by atoms with Gasteiger partial charge in [0, 0.05) is 23.3 Å². The fourth-order valence-electron chi connectivity index (χ4n) is 2.34. The topological polar surface area (TPSA) is 55.0 Å². The molecule has 1 aromatic carbocycles. The number of thiophene rings is 1. The van der Waals surface area contributed by atoms with Gasteiger partial charge in [-0.05, 0) is 12.5 Å². The molecule has 0 saturated heterocycles. The van der Waals surface area contributed by atoms with Crippen molar-refractivity contribution >= 4 is 33.3 Å². The highest BCUT2D eigenvalue weighted by Gasteiger charge is 2.16. The molecule has 22 heavy (non-hydrogen) atoms. The lowest BCUT2D eigenvalue weighted by Crippen LogP contribution is -2.09. The lowest BCUT2D eigenvalue weighted by molar-refractivity contribution is 0.218. The van der Waals surface area contributed by atoms with Crippen molar-refractivity contribution in [1.82, 2.24) is 9.97 Å². The Hall–Kier alpha value is -1.63. The van der Waals surface area contributed by atoms with Crippen molar-refractivity contribution in [3.63, 3.8) is 0 Å². The molecule has 3 aromatic rings. The Morgan fingerprint density at radius 1 is 1.32 bits per heavy atom. The van der Waals surface area contributed by atoms with E-state index < -0.39 is 0 Å². The number of aromatic amines is 1. The molecule has 0 spiro atoms. The van der Waals surface area contributed by atoms with Gasteiger partial charge in [-0.1, -0.05) is 42.1 Å². The number of H-pyrrole nitrogens is 1. The molecule has 0 bridgehead atoms. The van der Waals surface area contributed by atoms with E-state index in [1.54, 1.807) is 18.4 Å². The second kappa shape index (κ2) is 6.64. The molecule has 2 aromatic heterocycles. The Kier molecular flexibility index (Phi) is 4.61. The van der Waals surface area contributed by atoms with Crippen LogP contribution in [-0.4, -0.2) is 29.4 Å². The zero-order chi connectivity index (χ0) is 15.5. The van der Waals surface area contributed by atoms with Gasteiger partial charge in [0.25, 0.3) is 5.56 Å². The number of benzene rings is 1. The van der Waals surface area contributed by atoms with Crippen LogP contribution in [0.4, 0.5) is 0 Å². The standard InChI is InChI=1S/C16H16N2O2S2/c1-10-12(11-6-4-3-5-7-11)13-14(19)17-16(18-15(13)22-10)21-9-8-20-2/h3-7H,8-9H2,1-2H3,(H,17,18,19). The van der Waals surface area contributed by atoms with Crippen molar-refractivity contribution in [2.24, 2.45) is 0 Å². The molecule has 0 atom stereocenters. The molecule has 0 aliphatic rings. The van der Waals surface area contributed by atoms with Gasteiger partial charge >= 0.3 is 0 Å².